The zero-order valence-corrected chi connectivity index (χ0v) is 12.1. The van der Waals surface area contributed by atoms with E-state index >= 15 is 0 Å². The summed E-state index contributed by atoms with van der Waals surface area (Å²) in [6.07, 6.45) is 0. The minimum atomic E-state index is -0.359. The summed E-state index contributed by atoms with van der Waals surface area (Å²) in [4.78, 5) is 29.1. The molecule has 2 rings (SSSR count). The lowest BCUT2D eigenvalue weighted by atomic mass is 10.4. The van der Waals surface area contributed by atoms with Gasteiger partial charge < -0.3 is 14.6 Å². The maximum atomic E-state index is 12.4. The Bertz CT molecular complexity index is 740. The summed E-state index contributed by atoms with van der Waals surface area (Å²) in [5.74, 6) is 0.538. The van der Waals surface area contributed by atoms with Crippen molar-refractivity contribution in [3.63, 3.8) is 0 Å². The van der Waals surface area contributed by atoms with E-state index in [4.69, 9.17) is 4.74 Å². The first-order valence-electron chi connectivity index (χ1n) is 6.43. The number of rotatable bonds is 5. The molecule has 0 spiro atoms. The quantitative estimate of drug-likeness (QED) is 0.806. The fourth-order valence-corrected chi connectivity index (χ4v) is 2.25. The summed E-state index contributed by atoms with van der Waals surface area (Å²) in [6, 6.07) is 0. The molecule has 20 heavy (non-hydrogen) atoms. The normalized spacial score (nSPS) is 11.2. The van der Waals surface area contributed by atoms with E-state index in [0.29, 0.717) is 36.8 Å². The lowest BCUT2D eigenvalue weighted by molar-refractivity contribution is 0.186. The highest BCUT2D eigenvalue weighted by Gasteiger charge is 2.18. The molecule has 0 saturated heterocycles. The number of nitrogens with zero attached hydrogens (tertiary/aromatic N) is 4. The Kier molecular flexibility index (Phi) is 3.93. The van der Waals surface area contributed by atoms with E-state index in [9.17, 15) is 9.59 Å². The van der Waals surface area contributed by atoms with Crippen molar-refractivity contribution >= 4 is 17.1 Å². The Morgan fingerprint density at radius 1 is 1.30 bits per heavy atom. The van der Waals surface area contributed by atoms with Crippen molar-refractivity contribution in [2.24, 2.45) is 7.05 Å². The summed E-state index contributed by atoms with van der Waals surface area (Å²) in [6.45, 7) is 2.82. The molecule has 2 heterocycles. The van der Waals surface area contributed by atoms with Crippen molar-refractivity contribution in [1.82, 2.24) is 18.7 Å². The molecule has 0 saturated carbocycles. The van der Waals surface area contributed by atoms with Crippen LogP contribution in [0.15, 0.2) is 9.59 Å². The smallest absolute Gasteiger partial charge is 0.332 e. The number of nitrogens with one attached hydrogen (secondary N) is 1. The van der Waals surface area contributed by atoms with Gasteiger partial charge in [-0.05, 0) is 6.92 Å². The molecule has 0 bridgehead atoms. The number of anilines is 1. The first kappa shape index (κ1) is 14.3. The number of fused-ring (bicyclic) bond motifs is 1. The molecule has 2 aromatic rings. The van der Waals surface area contributed by atoms with Gasteiger partial charge in [-0.2, -0.15) is 4.98 Å². The lowest BCUT2D eigenvalue weighted by Crippen LogP contribution is -2.40. The first-order valence-corrected chi connectivity index (χ1v) is 6.43. The molecule has 2 aromatic heterocycles. The van der Waals surface area contributed by atoms with Gasteiger partial charge in [-0.15, -0.1) is 0 Å². The van der Waals surface area contributed by atoms with E-state index in [-0.39, 0.29) is 11.2 Å². The van der Waals surface area contributed by atoms with E-state index in [1.54, 1.807) is 32.7 Å². The molecule has 0 aliphatic rings. The van der Waals surface area contributed by atoms with Crippen molar-refractivity contribution in [2.45, 2.75) is 20.0 Å². The van der Waals surface area contributed by atoms with Gasteiger partial charge in [0.15, 0.2) is 11.2 Å². The number of imidazole rings is 1. The molecule has 0 atom stereocenters. The van der Waals surface area contributed by atoms with Crippen LogP contribution >= 0.6 is 0 Å². The Morgan fingerprint density at radius 2 is 2.00 bits per heavy atom. The highest BCUT2D eigenvalue weighted by Crippen LogP contribution is 2.13. The van der Waals surface area contributed by atoms with Gasteiger partial charge in [0, 0.05) is 27.7 Å². The van der Waals surface area contributed by atoms with Crippen LogP contribution in [0.25, 0.3) is 11.2 Å². The largest absolute Gasteiger partial charge is 0.383 e. The number of ether oxygens (including phenoxy) is 1. The Balaban J connectivity index is 2.88. The maximum Gasteiger partial charge on any atom is 0.332 e. The molecule has 0 aliphatic heterocycles. The van der Waals surface area contributed by atoms with Crippen LogP contribution < -0.4 is 16.6 Å². The molecule has 0 fully saturated rings. The van der Waals surface area contributed by atoms with Crippen molar-refractivity contribution < 1.29 is 4.74 Å². The van der Waals surface area contributed by atoms with Crippen LogP contribution in [0.4, 0.5) is 5.95 Å². The Hall–Kier alpha value is -2.09. The summed E-state index contributed by atoms with van der Waals surface area (Å²) >= 11 is 0. The van der Waals surface area contributed by atoms with Crippen LogP contribution in [0.1, 0.15) is 6.92 Å². The molecule has 0 radical (unpaired) electrons. The van der Waals surface area contributed by atoms with E-state index in [1.165, 1.54) is 9.13 Å². The number of methoxy groups -OCH3 is 1. The fourth-order valence-electron chi connectivity index (χ4n) is 2.25. The first-order chi connectivity index (χ1) is 9.56. The van der Waals surface area contributed by atoms with E-state index in [2.05, 4.69) is 10.3 Å². The third-order valence-electron chi connectivity index (χ3n) is 3.30. The van der Waals surface area contributed by atoms with Gasteiger partial charge in [0.05, 0.1) is 13.2 Å². The van der Waals surface area contributed by atoms with E-state index < -0.39 is 0 Å². The molecule has 1 N–H and O–H groups in total. The summed E-state index contributed by atoms with van der Waals surface area (Å²) in [5.41, 5.74) is 0.112. The molecule has 0 amide bonds. The van der Waals surface area contributed by atoms with Crippen LogP contribution in [0.2, 0.25) is 0 Å². The summed E-state index contributed by atoms with van der Waals surface area (Å²) in [5, 5.41) is 2.91. The van der Waals surface area contributed by atoms with Gasteiger partial charge in [0.25, 0.3) is 5.56 Å². The fraction of sp³-hybridized carbons (Fsp3) is 0.583. The number of aryl methyl sites for hydroxylation is 1. The van der Waals surface area contributed by atoms with Gasteiger partial charge in [0.2, 0.25) is 5.95 Å². The Morgan fingerprint density at radius 3 is 2.55 bits per heavy atom. The van der Waals surface area contributed by atoms with Crippen LogP contribution in [0.5, 0.6) is 0 Å². The van der Waals surface area contributed by atoms with Crippen LogP contribution in [0.3, 0.4) is 0 Å². The molecule has 0 unspecified atom stereocenters. The van der Waals surface area contributed by atoms with Crippen LogP contribution in [-0.4, -0.2) is 39.4 Å². The zero-order chi connectivity index (χ0) is 14.9. The lowest BCUT2D eigenvalue weighted by Gasteiger charge is -2.09. The zero-order valence-electron chi connectivity index (χ0n) is 12.1. The summed E-state index contributed by atoms with van der Waals surface area (Å²) in [7, 11) is 5.03. The minimum absolute atomic E-state index is 0.320. The van der Waals surface area contributed by atoms with Crippen molar-refractivity contribution in [3.05, 3.63) is 20.8 Å². The van der Waals surface area contributed by atoms with E-state index in [0.717, 1.165) is 0 Å². The standard InChI is InChI=1S/C12H19N5O3/c1-5-16-10(18)8-9(14-11(13-2)15(8)3)17(12(16)19)6-7-20-4/h5-7H2,1-4H3,(H,13,14). The minimum Gasteiger partial charge on any atom is -0.383 e. The highest BCUT2D eigenvalue weighted by atomic mass is 16.5. The topological polar surface area (TPSA) is 83.1 Å². The van der Waals surface area contributed by atoms with E-state index in [1.807, 2.05) is 0 Å². The van der Waals surface area contributed by atoms with Crippen LogP contribution in [-0.2, 0) is 24.9 Å². The van der Waals surface area contributed by atoms with Crippen LogP contribution in [0, 0.1) is 0 Å². The number of hydrogen-bond acceptors (Lipinski definition) is 5. The van der Waals surface area contributed by atoms with Gasteiger partial charge >= 0.3 is 5.69 Å². The van der Waals surface area contributed by atoms with Gasteiger partial charge in [0.1, 0.15) is 0 Å². The van der Waals surface area contributed by atoms with Crippen molar-refractivity contribution in [1.29, 1.82) is 0 Å². The van der Waals surface area contributed by atoms with Gasteiger partial charge in [-0.3, -0.25) is 13.9 Å². The number of hydrogen-bond donors (Lipinski definition) is 1. The second kappa shape index (κ2) is 5.49. The predicted octanol–water partition coefficient (Wildman–Crippen LogP) is -0.395. The Labute approximate surface area is 115 Å². The third-order valence-corrected chi connectivity index (χ3v) is 3.30. The molecule has 8 heteroatoms. The molecule has 0 aromatic carbocycles. The molecule has 8 nitrogen and oxygen atoms in total. The third kappa shape index (κ3) is 2.01. The summed E-state index contributed by atoms with van der Waals surface area (Å²) < 4.78 is 9.36. The average Bonchev–Trinajstić information content (AvgIpc) is 2.76. The SMILES string of the molecule is CCn1c(=O)c2c(nc(NC)n2C)n(CCOC)c1=O. The average molecular weight is 281 g/mol. The van der Waals surface area contributed by atoms with Gasteiger partial charge in [-0.25, -0.2) is 4.79 Å². The molecule has 0 aliphatic carbocycles. The van der Waals surface area contributed by atoms with Crippen molar-refractivity contribution in [2.75, 3.05) is 26.1 Å². The second-order valence-corrected chi connectivity index (χ2v) is 4.39. The number of aromatic nitrogens is 4. The monoisotopic (exact) mass is 281 g/mol. The second-order valence-electron chi connectivity index (χ2n) is 4.39. The van der Waals surface area contributed by atoms with Gasteiger partial charge in [-0.1, -0.05) is 0 Å². The molecule has 110 valence electrons. The molecular weight excluding hydrogens is 262 g/mol. The predicted molar refractivity (Wildman–Crippen MR) is 76.3 cm³/mol. The van der Waals surface area contributed by atoms with Crippen molar-refractivity contribution in [3.8, 4) is 0 Å². The molecular formula is C12H19N5O3. The maximum absolute atomic E-state index is 12.4. The highest BCUT2D eigenvalue weighted by molar-refractivity contribution is 5.74.